The lowest BCUT2D eigenvalue weighted by atomic mass is 9.96. The molecule has 1 aliphatic heterocycles. The van der Waals surface area contributed by atoms with Gasteiger partial charge in [0.2, 0.25) is 5.91 Å². The van der Waals surface area contributed by atoms with E-state index in [9.17, 15) is 18.4 Å². The van der Waals surface area contributed by atoms with Crippen molar-refractivity contribution in [3.05, 3.63) is 52.0 Å². The second kappa shape index (κ2) is 7.95. The van der Waals surface area contributed by atoms with Crippen molar-refractivity contribution in [2.24, 2.45) is 11.8 Å². The second-order valence-corrected chi connectivity index (χ2v) is 8.16. The summed E-state index contributed by atoms with van der Waals surface area (Å²) in [5.74, 6) is -1.71. The van der Waals surface area contributed by atoms with Crippen molar-refractivity contribution >= 4 is 23.2 Å². The van der Waals surface area contributed by atoms with Gasteiger partial charge in [-0.05, 0) is 37.3 Å². The molecule has 1 aromatic heterocycles. The molecule has 2 aromatic rings. The fraction of sp³-hybridized carbons (Fsp3) is 0.450. The highest BCUT2D eigenvalue weighted by Crippen LogP contribution is 2.50. The normalized spacial score (nSPS) is 22.1. The van der Waals surface area contributed by atoms with E-state index < -0.39 is 11.6 Å². The van der Waals surface area contributed by atoms with E-state index in [2.05, 4.69) is 10.3 Å². The predicted molar refractivity (Wildman–Crippen MR) is 101 cm³/mol. The van der Waals surface area contributed by atoms with E-state index >= 15 is 0 Å². The Morgan fingerprint density at radius 1 is 1.21 bits per heavy atom. The summed E-state index contributed by atoms with van der Waals surface area (Å²) in [7, 11) is 0. The number of amides is 2. The zero-order chi connectivity index (χ0) is 19.7. The third-order valence-electron chi connectivity index (χ3n) is 5.62. The van der Waals surface area contributed by atoms with Crippen LogP contribution in [-0.2, 0) is 4.79 Å². The lowest BCUT2D eigenvalue weighted by Gasteiger charge is -2.32. The van der Waals surface area contributed by atoms with Gasteiger partial charge in [0.15, 0.2) is 0 Å². The van der Waals surface area contributed by atoms with Crippen LogP contribution < -0.4 is 5.32 Å². The number of thiazole rings is 1. The number of hydrogen-bond acceptors (Lipinski definition) is 4. The Morgan fingerprint density at radius 3 is 2.57 bits per heavy atom. The highest BCUT2D eigenvalue weighted by molar-refractivity contribution is 7.07. The third-order valence-corrected chi connectivity index (χ3v) is 6.21. The number of halogens is 2. The molecule has 2 amide bonds. The smallest absolute Gasteiger partial charge is 0.270 e. The number of aromatic nitrogens is 1. The van der Waals surface area contributed by atoms with E-state index in [1.807, 2.05) is 0 Å². The molecule has 0 spiro atoms. The van der Waals surface area contributed by atoms with Crippen LogP contribution in [0.2, 0.25) is 0 Å². The molecule has 148 valence electrons. The monoisotopic (exact) mass is 405 g/mol. The molecule has 1 aromatic carbocycles. The number of rotatable bonds is 5. The molecule has 0 unspecified atom stereocenters. The maximum absolute atomic E-state index is 13.9. The molecule has 1 saturated heterocycles. The lowest BCUT2D eigenvalue weighted by molar-refractivity contribution is -0.134. The predicted octanol–water partition coefficient (Wildman–Crippen LogP) is 3.19. The Hall–Kier alpha value is -2.35. The third kappa shape index (κ3) is 3.92. The highest BCUT2D eigenvalue weighted by atomic mass is 32.1. The van der Waals surface area contributed by atoms with Gasteiger partial charge in [0.1, 0.15) is 17.3 Å². The molecule has 2 heterocycles. The highest BCUT2D eigenvalue weighted by Gasteiger charge is 2.48. The number of piperidine rings is 1. The van der Waals surface area contributed by atoms with Crippen LogP contribution in [0.1, 0.15) is 41.2 Å². The fourth-order valence-electron chi connectivity index (χ4n) is 3.90. The van der Waals surface area contributed by atoms with E-state index in [0.717, 1.165) is 12.8 Å². The first-order chi connectivity index (χ1) is 13.5. The van der Waals surface area contributed by atoms with Crippen LogP contribution in [0, 0.1) is 23.5 Å². The van der Waals surface area contributed by atoms with Gasteiger partial charge in [-0.1, -0.05) is 6.07 Å². The topological polar surface area (TPSA) is 62.3 Å². The van der Waals surface area contributed by atoms with Gasteiger partial charge >= 0.3 is 0 Å². The molecule has 1 aliphatic carbocycles. The van der Waals surface area contributed by atoms with Gasteiger partial charge in [0, 0.05) is 42.4 Å². The molecular weight excluding hydrogens is 384 g/mol. The Balaban J connectivity index is 1.25. The van der Waals surface area contributed by atoms with Gasteiger partial charge in [-0.3, -0.25) is 9.59 Å². The number of benzene rings is 1. The first-order valence-electron chi connectivity index (χ1n) is 9.43. The lowest BCUT2D eigenvalue weighted by Crippen LogP contribution is -2.42. The summed E-state index contributed by atoms with van der Waals surface area (Å²) in [6.07, 6.45) is 2.10. The number of nitrogens with one attached hydrogen (secondary N) is 1. The summed E-state index contributed by atoms with van der Waals surface area (Å²) >= 11 is 1.38. The molecule has 8 heteroatoms. The van der Waals surface area contributed by atoms with Crippen molar-refractivity contribution in [3.8, 4) is 0 Å². The number of carbonyl (C=O) groups excluding carboxylic acids is 2. The molecular formula is C20H21F2N3O2S. The van der Waals surface area contributed by atoms with Gasteiger partial charge < -0.3 is 10.2 Å². The SMILES string of the molecule is O=C(NCC1CCN(C(=O)[C@@H]2C[C@H]2c2c(F)cccc2F)CC1)c1cscn1. The largest absolute Gasteiger partial charge is 0.350 e. The number of nitrogens with zero attached hydrogens (tertiary/aromatic N) is 2. The molecule has 0 radical (unpaired) electrons. The van der Waals surface area contributed by atoms with E-state index in [-0.39, 0.29) is 29.2 Å². The van der Waals surface area contributed by atoms with Crippen LogP contribution in [-0.4, -0.2) is 41.3 Å². The molecule has 4 rings (SSSR count). The van der Waals surface area contributed by atoms with Crippen molar-refractivity contribution in [1.29, 1.82) is 0 Å². The Labute approximate surface area is 165 Å². The summed E-state index contributed by atoms with van der Waals surface area (Å²) in [5.41, 5.74) is 2.09. The summed E-state index contributed by atoms with van der Waals surface area (Å²) < 4.78 is 27.8. The van der Waals surface area contributed by atoms with Crippen LogP contribution in [0.15, 0.2) is 29.1 Å². The quantitative estimate of drug-likeness (QED) is 0.831. The first-order valence-corrected chi connectivity index (χ1v) is 10.4. The molecule has 2 aliphatic rings. The van der Waals surface area contributed by atoms with Gasteiger partial charge in [0.25, 0.3) is 5.91 Å². The van der Waals surface area contributed by atoms with Crippen molar-refractivity contribution in [3.63, 3.8) is 0 Å². The molecule has 28 heavy (non-hydrogen) atoms. The van der Waals surface area contributed by atoms with E-state index in [1.54, 1.807) is 15.8 Å². The fourth-order valence-corrected chi connectivity index (χ4v) is 4.43. The molecule has 5 nitrogen and oxygen atoms in total. The van der Waals surface area contributed by atoms with Gasteiger partial charge in [-0.25, -0.2) is 13.8 Å². The standard InChI is InChI=1S/C20H21F2N3O2S/c21-15-2-1-3-16(22)18(15)13-8-14(13)20(27)25-6-4-12(5-7-25)9-23-19(26)17-10-28-11-24-17/h1-3,10-14H,4-9H2,(H,23,26)/t13-,14-/m1/s1. The summed E-state index contributed by atoms with van der Waals surface area (Å²) in [6.45, 7) is 1.78. The number of likely N-dealkylation sites (tertiary alicyclic amines) is 1. The van der Waals surface area contributed by atoms with E-state index in [4.69, 9.17) is 0 Å². The maximum Gasteiger partial charge on any atom is 0.270 e. The van der Waals surface area contributed by atoms with Crippen LogP contribution in [0.4, 0.5) is 8.78 Å². The second-order valence-electron chi connectivity index (χ2n) is 7.44. The van der Waals surface area contributed by atoms with E-state index in [1.165, 1.54) is 29.5 Å². The van der Waals surface area contributed by atoms with Crippen LogP contribution in [0.3, 0.4) is 0 Å². The molecule has 1 saturated carbocycles. The summed E-state index contributed by atoms with van der Waals surface area (Å²) in [5, 5.41) is 4.60. The average molecular weight is 405 g/mol. The molecule has 2 atom stereocenters. The zero-order valence-corrected chi connectivity index (χ0v) is 16.1. The van der Waals surface area contributed by atoms with Crippen molar-refractivity contribution < 1.29 is 18.4 Å². The van der Waals surface area contributed by atoms with Gasteiger partial charge in [-0.2, -0.15) is 0 Å². The Morgan fingerprint density at radius 2 is 1.93 bits per heavy atom. The number of carbonyl (C=O) groups is 2. The Bertz CT molecular complexity index is 846. The minimum absolute atomic E-state index is 0.0161. The minimum Gasteiger partial charge on any atom is -0.350 e. The molecule has 1 N–H and O–H groups in total. The average Bonchev–Trinajstić information content (AvgIpc) is 3.27. The van der Waals surface area contributed by atoms with Crippen molar-refractivity contribution in [2.75, 3.05) is 19.6 Å². The van der Waals surface area contributed by atoms with Gasteiger partial charge in [0.05, 0.1) is 5.51 Å². The van der Waals surface area contributed by atoms with Gasteiger partial charge in [-0.15, -0.1) is 11.3 Å². The van der Waals surface area contributed by atoms with E-state index in [0.29, 0.717) is 37.7 Å². The van der Waals surface area contributed by atoms with Crippen LogP contribution >= 0.6 is 11.3 Å². The van der Waals surface area contributed by atoms with Crippen molar-refractivity contribution in [1.82, 2.24) is 15.2 Å². The first kappa shape index (κ1) is 19.0. The van der Waals surface area contributed by atoms with Crippen molar-refractivity contribution in [2.45, 2.75) is 25.2 Å². The molecule has 0 bridgehead atoms. The van der Waals surface area contributed by atoms with Crippen LogP contribution in [0.5, 0.6) is 0 Å². The summed E-state index contributed by atoms with van der Waals surface area (Å²) in [4.78, 5) is 30.4. The molecule has 2 fully saturated rings. The van der Waals surface area contributed by atoms with Crippen LogP contribution in [0.25, 0.3) is 0 Å². The Kier molecular flexibility index (Phi) is 5.39. The minimum atomic E-state index is -0.574. The zero-order valence-electron chi connectivity index (χ0n) is 15.2. The maximum atomic E-state index is 13.9. The summed E-state index contributed by atoms with van der Waals surface area (Å²) in [6, 6.07) is 3.82. The number of hydrogen-bond donors (Lipinski definition) is 1.